The maximum Gasteiger partial charge on any atom is 0.122 e. The highest BCUT2D eigenvalue weighted by Gasteiger charge is 2.07. The molecule has 1 aromatic carbocycles. The molecule has 0 aliphatic carbocycles. The number of hydrogen-bond acceptors (Lipinski definition) is 3. The zero-order chi connectivity index (χ0) is 9.42. The highest BCUT2D eigenvalue weighted by molar-refractivity contribution is 9.10. The molecule has 0 spiro atoms. The molecule has 0 aliphatic heterocycles. The molecule has 0 aliphatic rings. The van der Waals surface area contributed by atoms with Crippen LogP contribution < -0.4 is 4.74 Å². The summed E-state index contributed by atoms with van der Waals surface area (Å²) in [5.74, 6) is 0.778. The third-order valence-electron chi connectivity index (χ3n) is 1.86. The summed E-state index contributed by atoms with van der Waals surface area (Å²) in [6, 6.07) is 3.75. The Morgan fingerprint density at radius 1 is 1.46 bits per heavy atom. The van der Waals surface area contributed by atoms with Crippen molar-refractivity contribution >= 4 is 27.0 Å². The van der Waals surface area contributed by atoms with Crippen LogP contribution in [0.15, 0.2) is 16.6 Å². The van der Waals surface area contributed by atoms with E-state index in [0.717, 1.165) is 21.3 Å². The van der Waals surface area contributed by atoms with Crippen LogP contribution in [0.2, 0.25) is 0 Å². The molecule has 0 N–H and O–H groups in total. The third kappa shape index (κ3) is 1.29. The van der Waals surface area contributed by atoms with Gasteiger partial charge in [0.05, 0.1) is 7.11 Å². The lowest BCUT2D eigenvalue weighted by Gasteiger charge is -2.01. The van der Waals surface area contributed by atoms with E-state index in [1.807, 2.05) is 19.2 Å². The summed E-state index contributed by atoms with van der Waals surface area (Å²) in [5, 5.41) is 7.90. The van der Waals surface area contributed by atoms with Crippen LogP contribution in [-0.4, -0.2) is 22.1 Å². The Bertz CT molecular complexity index is 452. The lowest BCUT2D eigenvalue weighted by Crippen LogP contribution is -1.90. The standard InChI is InChI=1S/C8H8BrN3O/c1-12-8-6(9)3-5(13-2)4-7(8)10-11-12/h3-4H,1-2H3. The molecule has 5 heteroatoms. The number of rotatable bonds is 1. The molecule has 0 atom stereocenters. The molecule has 0 amide bonds. The summed E-state index contributed by atoms with van der Waals surface area (Å²) in [4.78, 5) is 0. The number of fused-ring (bicyclic) bond motifs is 1. The normalized spacial score (nSPS) is 10.7. The Morgan fingerprint density at radius 2 is 2.23 bits per heavy atom. The fourth-order valence-electron chi connectivity index (χ4n) is 1.23. The summed E-state index contributed by atoms with van der Waals surface area (Å²) < 4.78 is 7.77. The average molecular weight is 242 g/mol. The summed E-state index contributed by atoms with van der Waals surface area (Å²) in [7, 11) is 3.48. The number of aryl methyl sites for hydroxylation is 1. The van der Waals surface area contributed by atoms with Gasteiger partial charge in [-0.05, 0) is 22.0 Å². The number of hydrogen-bond donors (Lipinski definition) is 0. The summed E-state index contributed by atoms with van der Waals surface area (Å²) in [6.45, 7) is 0. The quantitative estimate of drug-likeness (QED) is 0.764. The summed E-state index contributed by atoms with van der Waals surface area (Å²) >= 11 is 3.44. The minimum atomic E-state index is 0.778. The number of aromatic nitrogens is 3. The number of nitrogens with zero attached hydrogens (tertiary/aromatic N) is 3. The number of ether oxygens (including phenoxy) is 1. The van der Waals surface area contributed by atoms with Gasteiger partial charge in [0.15, 0.2) is 0 Å². The van der Waals surface area contributed by atoms with Crippen LogP contribution in [0, 0.1) is 0 Å². The first-order valence-electron chi connectivity index (χ1n) is 3.75. The first-order valence-corrected chi connectivity index (χ1v) is 4.54. The fourth-order valence-corrected chi connectivity index (χ4v) is 1.92. The molecule has 0 saturated carbocycles. The van der Waals surface area contributed by atoms with Crippen molar-refractivity contribution in [3.8, 4) is 5.75 Å². The van der Waals surface area contributed by atoms with Crippen LogP contribution in [0.4, 0.5) is 0 Å². The molecule has 13 heavy (non-hydrogen) atoms. The van der Waals surface area contributed by atoms with Gasteiger partial charge in [-0.1, -0.05) is 5.21 Å². The van der Waals surface area contributed by atoms with Gasteiger partial charge in [-0.2, -0.15) is 0 Å². The Morgan fingerprint density at radius 3 is 2.92 bits per heavy atom. The SMILES string of the molecule is COc1cc(Br)c2c(c1)nnn2C. The Balaban J connectivity index is 2.79. The maximum absolute atomic E-state index is 5.11. The molecule has 0 fully saturated rings. The molecule has 0 saturated heterocycles. The second-order valence-corrected chi connectivity index (χ2v) is 3.54. The first-order chi connectivity index (χ1) is 6.22. The maximum atomic E-state index is 5.11. The minimum absolute atomic E-state index is 0.778. The number of halogens is 1. The lowest BCUT2D eigenvalue weighted by atomic mass is 10.3. The minimum Gasteiger partial charge on any atom is -0.497 e. The Kier molecular flexibility index (Phi) is 1.95. The highest BCUT2D eigenvalue weighted by Crippen LogP contribution is 2.27. The lowest BCUT2D eigenvalue weighted by molar-refractivity contribution is 0.415. The molecule has 0 bridgehead atoms. The van der Waals surface area contributed by atoms with E-state index in [1.165, 1.54) is 0 Å². The van der Waals surface area contributed by atoms with Gasteiger partial charge in [0.25, 0.3) is 0 Å². The predicted molar refractivity (Wildman–Crippen MR) is 52.8 cm³/mol. The first kappa shape index (κ1) is 8.50. The van der Waals surface area contributed by atoms with Gasteiger partial charge < -0.3 is 4.74 Å². The topological polar surface area (TPSA) is 39.9 Å². The van der Waals surface area contributed by atoms with Crippen molar-refractivity contribution in [1.82, 2.24) is 15.0 Å². The smallest absolute Gasteiger partial charge is 0.122 e. The molecular formula is C8H8BrN3O. The monoisotopic (exact) mass is 241 g/mol. The highest BCUT2D eigenvalue weighted by atomic mass is 79.9. The van der Waals surface area contributed by atoms with Crippen molar-refractivity contribution in [3.63, 3.8) is 0 Å². The van der Waals surface area contributed by atoms with Crippen molar-refractivity contribution in [2.75, 3.05) is 7.11 Å². The van der Waals surface area contributed by atoms with Gasteiger partial charge in [-0.25, -0.2) is 4.68 Å². The third-order valence-corrected chi connectivity index (χ3v) is 2.47. The van der Waals surface area contributed by atoms with E-state index in [0.29, 0.717) is 0 Å². The van der Waals surface area contributed by atoms with Crippen molar-refractivity contribution < 1.29 is 4.74 Å². The van der Waals surface area contributed by atoms with Crippen molar-refractivity contribution in [1.29, 1.82) is 0 Å². The zero-order valence-corrected chi connectivity index (χ0v) is 8.87. The molecular weight excluding hydrogens is 234 g/mol. The van der Waals surface area contributed by atoms with Gasteiger partial charge in [-0.15, -0.1) is 5.10 Å². The summed E-state index contributed by atoms with van der Waals surface area (Å²) in [5.41, 5.74) is 1.80. The van der Waals surface area contributed by atoms with Crippen LogP contribution in [0.25, 0.3) is 11.0 Å². The van der Waals surface area contributed by atoms with E-state index >= 15 is 0 Å². The van der Waals surface area contributed by atoms with E-state index < -0.39 is 0 Å². The zero-order valence-electron chi connectivity index (χ0n) is 7.28. The van der Waals surface area contributed by atoms with Crippen molar-refractivity contribution in [2.24, 2.45) is 7.05 Å². The molecule has 68 valence electrons. The van der Waals surface area contributed by atoms with E-state index in [9.17, 15) is 0 Å². The Hall–Kier alpha value is -1.10. The van der Waals surface area contributed by atoms with Crippen LogP contribution in [0.5, 0.6) is 5.75 Å². The molecule has 0 radical (unpaired) electrons. The van der Waals surface area contributed by atoms with Gasteiger partial charge in [0.2, 0.25) is 0 Å². The molecule has 4 nitrogen and oxygen atoms in total. The van der Waals surface area contributed by atoms with E-state index in [2.05, 4.69) is 26.2 Å². The van der Waals surface area contributed by atoms with Crippen LogP contribution in [0.3, 0.4) is 0 Å². The molecule has 1 heterocycles. The second kappa shape index (κ2) is 2.99. The molecule has 2 aromatic rings. The van der Waals surface area contributed by atoms with Crippen molar-refractivity contribution in [2.45, 2.75) is 0 Å². The van der Waals surface area contributed by atoms with Crippen LogP contribution in [0.1, 0.15) is 0 Å². The van der Waals surface area contributed by atoms with Gasteiger partial charge in [-0.3, -0.25) is 0 Å². The van der Waals surface area contributed by atoms with Gasteiger partial charge >= 0.3 is 0 Å². The number of methoxy groups -OCH3 is 1. The van der Waals surface area contributed by atoms with Gasteiger partial charge in [0.1, 0.15) is 16.8 Å². The summed E-state index contributed by atoms with van der Waals surface area (Å²) in [6.07, 6.45) is 0. The van der Waals surface area contributed by atoms with E-state index in [-0.39, 0.29) is 0 Å². The second-order valence-electron chi connectivity index (χ2n) is 2.69. The predicted octanol–water partition coefficient (Wildman–Crippen LogP) is 1.74. The van der Waals surface area contributed by atoms with Crippen molar-refractivity contribution in [3.05, 3.63) is 16.6 Å². The fraction of sp³-hybridized carbons (Fsp3) is 0.250. The van der Waals surface area contributed by atoms with Gasteiger partial charge in [0, 0.05) is 17.6 Å². The molecule has 2 rings (SSSR count). The molecule has 1 aromatic heterocycles. The van der Waals surface area contributed by atoms with E-state index in [4.69, 9.17) is 4.74 Å². The largest absolute Gasteiger partial charge is 0.497 e. The van der Waals surface area contributed by atoms with E-state index in [1.54, 1.807) is 11.8 Å². The number of benzene rings is 1. The Labute approximate surface area is 83.6 Å². The molecule has 0 unspecified atom stereocenters. The average Bonchev–Trinajstić information content (AvgIpc) is 2.48. The van der Waals surface area contributed by atoms with Crippen LogP contribution in [-0.2, 0) is 7.05 Å². The van der Waals surface area contributed by atoms with Crippen LogP contribution >= 0.6 is 15.9 Å².